The van der Waals surface area contributed by atoms with Crippen molar-refractivity contribution in [2.75, 3.05) is 6.54 Å². The van der Waals surface area contributed by atoms with Crippen LogP contribution < -0.4 is 0 Å². The Hall–Kier alpha value is -3.11. The van der Waals surface area contributed by atoms with Crippen LogP contribution in [0.25, 0.3) is 10.9 Å². The molecule has 0 saturated carbocycles. The van der Waals surface area contributed by atoms with Crippen molar-refractivity contribution in [3.63, 3.8) is 0 Å². The molecule has 0 aliphatic rings. The molecule has 0 spiro atoms. The first kappa shape index (κ1) is 23.1. The quantitative estimate of drug-likeness (QED) is 0.324. The lowest BCUT2D eigenvalue weighted by Gasteiger charge is -2.24. The fourth-order valence-electron chi connectivity index (χ4n) is 3.97. The Kier molecular flexibility index (Phi) is 6.57. The van der Waals surface area contributed by atoms with E-state index in [2.05, 4.69) is 50.0 Å². The summed E-state index contributed by atoms with van der Waals surface area (Å²) >= 11 is 6.01. The molecule has 4 rings (SSSR count). The third kappa shape index (κ3) is 5.45. The zero-order valence-corrected chi connectivity index (χ0v) is 19.9. The minimum atomic E-state index is -0.419. The minimum Gasteiger partial charge on any atom is -0.361 e. The van der Waals surface area contributed by atoms with Gasteiger partial charge in [0.1, 0.15) is 5.82 Å². The third-order valence-electron chi connectivity index (χ3n) is 5.92. The molecule has 1 N–H and O–H groups in total. The Balaban J connectivity index is 1.63. The molecule has 1 heterocycles. The highest BCUT2D eigenvalue weighted by molar-refractivity contribution is 6.30. The van der Waals surface area contributed by atoms with Gasteiger partial charge in [-0.15, -0.1) is 0 Å². The molecule has 170 valence electrons. The predicted molar refractivity (Wildman–Crippen MR) is 133 cm³/mol. The van der Waals surface area contributed by atoms with Crippen LogP contribution in [0.5, 0.6) is 0 Å². The highest BCUT2D eigenvalue weighted by Gasteiger charge is 2.21. The number of carbonyl (C=O) groups excluding carboxylic acids is 1. The molecule has 0 saturated heterocycles. The number of nitrogens with zero attached hydrogens (tertiary/aromatic N) is 1. The number of hydrogen-bond donors (Lipinski definition) is 1. The van der Waals surface area contributed by atoms with E-state index in [1.165, 1.54) is 17.7 Å². The molecule has 4 aromatic rings. The molecule has 1 aromatic heterocycles. The maximum Gasteiger partial charge on any atom is 0.256 e. The van der Waals surface area contributed by atoms with Crippen LogP contribution in [0.2, 0.25) is 5.02 Å². The van der Waals surface area contributed by atoms with Gasteiger partial charge >= 0.3 is 0 Å². The summed E-state index contributed by atoms with van der Waals surface area (Å²) in [6, 6.07) is 20.5. The van der Waals surface area contributed by atoms with Crippen molar-refractivity contribution in [3.8, 4) is 0 Å². The van der Waals surface area contributed by atoms with Gasteiger partial charge in [0.05, 0.1) is 11.1 Å². The van der Waals surface area contributed by atoms with E-state index in [0.29, 0.717) is 41.0 Å². The summed E-state index contributed by atoms with van der Waals surface area (Å²) in [5.41, 5.74) is 4.42. The largest absolute Gasteiger partial charge is 0.361 e. The van der Waals surface area contributed by atoms with Crippen LogP contribution >= 0.6 is 11.6 Å². The van der Waals surface area contributed by atoms with Crippen LogP contribution in [-0.4, -0.2) is 22.3 Å². The maximum atomic E-state index is 14.3. The summed E-state index contributed by atoms with van der Waals surface area (Å²) < 4.78 is 14.3. The average Bonchev–Trinajstić information content (AvgIpc) is 3.25. The SMILES string of the molecule is CC(C)(C)c1ccc(CN(CCc2ccc(Cl)cc2)C(=O)c2cc(F)cc3cc[nH]c23)cc1. The van der Waals surface area contributed by atoms with Gasteiger partial charge in [-0.2, -0.15) is 0 Å². The summed E-state index contributed by atoms with van der Waals surface area (Å²) in [5, 5.41) is 1.37. The Morgan fingerprint density at radius 2 is 1.64 bits per heavy atom. The van der Waals surface area contributed by atoms with Crippen molar-refractivity contribution in [1.29, 1.82) is 0 Å². The van der Waals surface area contributed by atoms with Crippen molar-refractivity contribution in [2.24, 2.45) is 0 Å². The van der Waals surface area contributed by atoms with Gasteiger partial charge in [-0.3, -0.25) is 4.79 Å². The molecule has 3 aromatic carbocycles. The normalized spacial score (nSPS) is 11.7. The first-order valence-electron chi connectivity index (χ1n) is 11.1. The van der Waals surface area contributed by atoms with Gasteiger partial charge in [0.15, 0.2) is 0 Å². The van der Waals surface area contributed by atoms with E-state index in [4.69, 9.17) is 11.6 Å². The van der Waals surface area contributed by atoms with Crippen LogP contribution in [0.1, 0.15) is 47.8 Å². The van der Waals surface area contributed by atoms with E-state index >= 15 is 0 Å². The molecular formula is C28H28ClFN2O. The molecule has 33 heavy (non-hydrogen) atoms. The number of benzene rings is 3. The molecule has 5 heteroatoms. The Morgan fingerprint density at radius 1 is 0.970 bits per heavy atom. The number of halogens is 2. The number of nitrogens with one attached hydrogen (secondary N) is 1. The minimum absolute atomic E-state index is 0.0589. The molecule has 0 fully saturated rings. The predicted octanol–water partition coefficient (Wildman–Crippen LogP) is 7.14. The lowest BCUT2D eigenvalue weighted by atomic mass is 9.87. The molecule has 0 unspecified atom stereocenters. The molecule has 0 aliphatic heterocycles. The fraction of sp³-hybridized carbons (Fsp3) is 0.250. The fourth-order valence-corrected chi connectivity index (χ4v) is 4.10. The number of hydrogen-bond acceptors (Lipinski definition) is 1. The van der Waals surface area contributed by atoms with E-state index < -0.39 is 5.82 Å². The number of amides is 1. The summed E-state index contributed by atoms with van der Waals surface area (Å²) in [4.78, 5) is 18.5. The Labute approximate surface area is 199 Å². The molecule has 3 nitrogen and oxygen atoms in total. The van der Waals surface area contributed by atoms with Crippen LogP contribution in [0.15, 0.2) is 72.9 Å². The molecule has 0 radical (unpaired) electrons. The van der Waals surface area contributed by atoms with Crippen LogP contribution in [0.4, 0.5) is 4.39 Å². The Morgan fingerprint density at radius 3 is 2.30 bits per heavy atom. The highest BCUT2D eigenvalue weighted by atomic mass is 35.5. The number of aromatic amines is 1. The van der Waals surface area contributed by atoms with Crippen molar-refractivity contribution < 1.29 is 9.18 Å². The van der Waals surface area contributed by atoms with Gasteiger partial charge in [0.25, 0.3) is 5.91 Å². The van der Waals surface area contributed by atoms with Gasteiger partial charge in [0.2, 0.25) is 0 Å². The smallest absolute Gasteiger partial charge is 0.256 e. The molecule has 0 bridgehead atoms. The van der Waals surface area contributed by atoms with E-state index in [1.807, 2.05) is 24.3 Å². The van der Waals surface area contributed by atoms with E-state index in [1.54, 1.807) is 17.2 Å². The maximum absolute atomic E-state index is 14.3. The van der Waals surface area contributed by atoms with Crippen molar-refractivity contribution in [1.82, 2.24) is 9.88 Å². The van der Waals surface area contributed by atoms with Crippen molar-refractivity contribution >= 4 is 28.4 Å². The first-order valence-corrected chi connectivity index (χ1v) is 11.5. The Bertz CT molecular complexity index is 1250. The highest BCUT2D eigenvalue weighted by Crippen LogP contribution is 2.24. The van der Waals surface area contributed by atoms with Gasteiger partial charge in [0, 0.05) is 29.7 Å². The van der Waals surface area contributed by atoms with E-state index in [-0.39, 0.29) is 11.3 Å². The van der Waals surface area contributed by atoms with Crippen LogP contribution in [-0.2, 0) is 18.4 Å². The van der Waals surface area contributed by atoms with Gasteiger partial charge in [-0.05, 0) is 58.9 Å². The summed E-state index contributed by atoms with van der Waals surface area (Å²) in [6.45, 7) is 7.47. The summed E-state index contributed by atoms with van der Waals surface area (Å²) in [5.74, 6) is -0.617. The molecule has 1 amide bonds. The number of H-pyrrole nitrogens is 1. The van der Waals surface area contributed by atoms with Crippen LogP contribution in [0, 0.1) is 5.82 Å². The second-order valence-corrected chi connectivity index (χ2v) is 9.88. The number of fused-ring (bicyclic) bond motifs is 1. The number of carbonyl (C=O) groups is 1. The third-order valence-corrected chi connectivity index (χ3v) is 6.17. The second-order valence-electron chi connectivity index (χ2n) is 9.45. The molecule has 0 atom stereocenters. The zero-order chi connectivity index (χ0) is 23.6. The lowest BCUT2D eigenvalue weighted by Crippen LogP contribution is -2.33. The number of rotatable bonds is 6. The summed E-state index contributed by atoms with van der Waals surface area (Å²) in [7, 11) is 0. The topological polar surface area (TPSA) is 36.1 Å². The van der Waals surface area contributed by atoms with Gasteiger partial charge < -0.3 is 9.88 Å². The standard InChI is InChI=1S/C28H28ClFN2O/c1-28(2,3)22-8-4-20(5-9-22)18-32(15-13-19-6-10-23(29)11-7-19)27(33)25-17-24(30)16-21-12-14-31-26(21)25/h4-12,14,16-17,31H,13,15,18H2,1-3H3. The van der Waals surface area contributed by atoms with Gasteiger partial charge in [-0.1, -0.05) is 68.8 Å². The summed E-state index contributed by atoms with van der Waals surface area (Å²) in [6.07, 6.45) is 2.40. The lowest BCUT2D eigenvalue weighted by molar-refractivity contribution is 0.0746. The number of aromatic nitrogens is 1. The van der Waals surface area contributed by atoms with Gasteiger partial charge in [-0.25, -0.2) is 4.39 Å². The van der Waals surface area contributed by atoms with E-state index in [0.717, 1.165) is 11.1 Å². The first-order chi connectivity index (χ1) is 15.7. The van der Waals surface area contributed by atoms with Crippen LogP contribution in [0.3, 0.4) is 0 Å². The second kappa shape index (κ2) is 9.40. The monoisotopic (exact) mass is 462 g/mol. The van der Waals surface area contributed by atoms with E-state index in [9.17, 15) is 9.18 Å². The molecule has 0 aliphatic carbocycles. The zero-order valence-electron chi connectivity index (χ0n) is 19.2. The van der Waals surface area contributed by atoms with Crippen molar-refractivity contribution in [3.05, 3.63) is 106 Å². The van der Waals surface area contributed by atoms with Crippen molar-refractivity contribution in [2.45, 2.75) is 39.2 Å². The average molecular weight is 463 g/mol. The molecular weight excluding hydrogens is 435 g/mol.